The molecule has 0 fully saturated rings. The molecule has 0 spiro atoms. The quantitative estimate of drug-likeness (QED) is 0.221. The van der Waals surface area contributed by atoms with Crippen LogP contribution in [-0.4, -0.2) is 14.2 Å². The third-order valence-electron chi connectivity index (χ3n) is 5.49. The van der Waals surface area contributed by atoms with Crippen LogP contribution in [0.3, 0.4) is 0 Å². The standard InChI is InChI=1S/C26H20IO2P/c1-28-20-12-7-11-19(27)25(20)26-21(29-2)13-8-16-24(26)30-22-14-5-3-9-17(22)18-10-4-6-15-23(18)30/h3-16H,1-2H3. The van der Waals surface area contributed by atoms with Gasteiger partial charge in [-0.25, -0.2) is 0 Å². The van der Waals surface area contributed by atoms with Crippen LogP contribution in [0.25, 0.3) is 37.4 Å². The van der Waals surface area contributed by atoms with Gasteiger partial charge in [-0.3, -0.25) is 0 Å². The zero-order valence-corrected chi connectivity index (χ0v) is 19.8. The maximum absolute atomic E-state index is 5.88. The van der Waals surface area contributed by atoms with Crippen molar-refractivity contribution in [2.24, 2.45) is 0 Å². The molecule has 0 N–H and O–H groups in total. The smallest absolute Gasteiger partial charge is 0.127 e. The normalized spacial score (nSPS) is 11.2. The average molecular weight is 522 g/mol. The first-order chi connectivity index (χ1) is 14.7. The van der Waals surface area contributed by atoms with Gasteiger partial charge in [-0.15, -0.1) is 0 Å². The summed E-state index contributed by atoms with van der Waals surface area (Å²) in [6, 6.07) is 30.2. The van der Waals surface area contributed by atoms with Crippen molar-refractivity contribution in [3.8, 4) is 27.9 Å². The summed E-state index contributed by atoms with van der Waals surface area (Å²) in [4.78, 5) is 0. The number of ether oxygens (including phenoxy) is 2. The number of hydrogen-bond donors (Lipinski definition) is 0. The van der Waals surface area contributed by atoms with Gasteiger partial charge in [0.2, 0.25) is 0 Å². The summed E-state index contributed by atoms with van der Waals surface area (Å²) in [7, 11) is 2.77. The van der Waals surface area contributed by atoms with Gasteiger partial charge in [0.05, 0.1) is 14.2 Å². The first-order valence-corrected chi connectivity index (χ1v) is 12.1. The molecule has 0 amide bonds. The highest BCUT2D eigenvalue weighted by atomic mass is 127. The Bertz CT molecular complexity index is 1330. The second kappa shape index (κ2) is 7.98. The van der Waals surface area contributed by atoms with E-state index in [0.29, 0.717) is 0 Å². The molecule has 0 radical (unpaired) electrons. The maximum atomic E-state index is 5.88. The Morgan fingerprint density at radius 1 is 0.600 bits per heavy atom. The summed E-state index contributed by atoms with van der Waals surface area (Å²) in [6.07, 6.45) is 0. The lowest BCUT2D eigenvalue weighted by molar-refractivity contribution is 0.410. The molecule has 1 aromatic heterocycles. The average Bonchev–Trinajstić information content (AvgIpc) is 3.13. The first-order valence-electron chi connectivity index (χ1n) is 9.73. The molecule has 0 unspecified atom stereocenters. The van der Waals surface area contributed by atoms with E-state index in [0.717, 1.165) is 26.2 Å². The highest BCUT2D eigenvalue weighted by Gasteiger charge is 2.22. The van der Waals surface area contributed by atoms with Crippen molar-refractivity contribution in [1.29, 1.82) is 0 Å². The fourth-order valence-corrected chi connectivity index (χ4v) is 7.77. The van der Waals surface area contributed by atoms with Gasteiger partial charge in [-0.05, 0) is 57.6 Å². The Morgan fingerprint density at radius 2 is 1.13 bits per heavy atom. The molecule has 5 rings (SSSR count). The van der Waals surface area contributed by atoms with Crippen molar-refractivity contribution in [3.05, 3.63) is 88.5 Å². The van der Waals surface area contributed by atoms with E-state index in [9.17, 15) is 0 Å². The number of benzene rings is 4. The molecule has 4 aromatic carbocycles. The Hall–Kier alpha value is -2.49. The first kappa shape index (κ1) is 19.5. The Labute approximate surface area is 190 Å². The minimum atomic E-state index is -0.707. The molecule has 0 aliphatic carbocycles. The number of rotatable bonds is 4. The topological polar surface area (TPSA) is 18.5 Å². The number of methoxy groups -OCH3 is 2. The largest absolute Gasteiger partial charge is 0.496 e. The van der Waals surface area contributed by atoms with Crippen molar-refractivity contribution in [2.45, 2.75) is 0 Å². The summed E-state index contributed by atoms with van der Waals surface area (Å²) in [6.45, 7) is 0. The van der Waals surface area contributed by atoms with Crippen LogP contribution in [0, 0.1) is 3.57 Å². The summed E-state index contributed by atoms with van der Waals surface area (Å²) < 4.78 is 12.8. The molecule has 0 saturated carbocycles. The van der Waals surface area contributed by atoms with E-state index in [1.54, 1.807) is 14.2 Å². The lowest BCUT2D eigenvalue weighted by atomic mass is 10.0. The summed E-state index contributed by atoms with van der Waals surface area (Å²) >= 11 is 2.40. The van der Waals surface area contributed by atoms with Crippen molar-refractivity contribution in [1.82, 2.24) is 0 Å². The highest BCUT2D eigenvalue weighted by Crippen LogP contribution is 2.59. The van der Waals surface area contributed by atoms with Crippen molar-refractivity contribution in [2.75, 3.05) is 14.2 Å². The number of hydrogen-bond acceptors (Lipinski definition) is 2. The third-order valence-corrected chi connectivity index (χ3v) is 8.99. The molecule has 0 aliphatic rings. The molecule has 148 valence electrons. The molecule has 0 atom stereocenters. The second-order valence-corrected chi connectivity index (χ2v) is 10.3. The molecule has 30 heavy (non-hydrogen) atoms. The maximum Gasteiger partial charge on any atom is 0.127 e. The Balaban J connectivity index is 1.96. The van der Waals surface area contributed by atoms with Gasteiger partial charge in [0.15, 0.2) is 0 Å². The van der Waals surface area contributed by atoms with Crippen molar-refractivity contribution >= 4 is 51.1 Å². The molecular formula is C26H20IO2P. The Kier molecular flexibility index (Phi) is 5.18. The number of halogens is 1. The van der Waals surface area contributed by atoms with Gasteiger partial charge >= 0.3 is 0 Å². The molecule has 0 saturated heterocycles. The summed E-state index contributed by atoms with van der Waals surface area (Å²) in [5.74, 6) is 1.74. The van der Waals surface area contributed by atoms with E-state index in [2.05, 4.69) is 89.3 Å². The van der Waals surface area contributed by atoms with Gasteiger partial charge in [0.1, 0.15) is 11.5 Å². The fraction of sp³-hybridized carbons (Fsp3) is 0.0769. The summed E-state index contributed by atoms with van der Waals surface area (Å²) in [5.41, 5.74) is 2.22. The highest BCUT2D eigenvalue weighted by molar-refractivity contribution is 14.1. The predicted molar refractivity (Wildman–Crippen MR) is 137 cm³/mol. The van der Waals surface area contributed by atoms with Gasteiger partial charge in [0, 0.05) is 30.2 Å². The third kappa shape index (κ3) is 3.00. The minimum Gasteiger partial charge on any atom is -0.496 e. The van der Waals surface area contributed by atoms with Crippen LogP contribution >= 0.6 is 30.1 Å². The van der Waals surface area contributed by atoms with Crippen LogP contribution in [0.5, 0.6) is 11.5 Å². The van der Waals surface area contributed by atoms with E-state index in [4.69, 9.17) is 9.47 Å². The monoisotopic (exact) mass is 522 g/mol. The van der Waals surface area contributed by atoms with E-state index in [1.807, 2.05) is 18.2 Å². The molecule has 2 nitrogen and oxygen atoms in total. The van der Waals surface area contributed by atoms with E-state index < -0.39 is 7.53 Å². The molecular weight excluding hydrogens is 502 g/mol. The second-order valence-electron chi connectivity index (χ2n) is 7.04. The van der Waals surface area contributed by atoms with E-state index in [1.165, 1.54) is 26.3 Å². The lowest BCUT2D eigenvalue weighted by Gasteiger charge is -2.18. The zero-order chi connectivity index (χ0) is 20.7. The number of fused-ring (bicyclic) bond motifs is 3. The lowest BCUT2D eigenvalue weighted by Crippen LogP contribution is -1.95. The Morgan fingerprint density at radius 3 is 1.73 bits per heavy atom. The fourth-order valence-electron chi connectivity index (χ4n) is 4.23. The predicted octanol–water partition coefficient (Wildman–Crippen LogP) is 8.26. The van der Waals surface area contributed by atoms with Crippen LogP contribution in [0.1, 0.15) is 0 Å². The van der Waals surface area contributed by atoms with Crippen LogP contribution in [-0.2, 0) is 0 Å². The molecule has 5 aromatic rings. The van der Waals surface area contributed by atoms with E-state index >= 15 is 0 Å². The summed E-state index contributed by atoms with van der Waals surface area (Å²) in [5, 5.41) is 6.76. The van der Waals surface area contributed by atoms with Crippen LogP contribution in [0.2, 0.25) is 0 Å². The van der Waals surface area contributed by atoms with Gasteiger partial charge < -0.3 is 9.47 Å². The zero-order valence-electron chi connectivity index (χ0n) is 16.7. The molecule has 4 heteroatoms. The van der Waals surface area contributed by atoms with Crippen LogP contribution in [0.15, 0.2) is 84.9 Å². The molecule has 0 bridgehead atoms. The SMILES string of the molecule is COc1cccc(I)c1-c1c(OC)cccc1-p1c2ccccc2c2ccccc21. The van der Waals surface area contributed by atoms with Crippen molar-refractivity contribution in [3.63, 3.8) is 0 Å². The van der Waals surface area contributed by atoms with Gasteiger partial charge in [0.25, 0.3) is 0 Å². The van der Waals surface area contributed by atoms with E-state index in [-0.39, 0.29) is 0 Å². The minimum absolute atomic E-state index is 0.707. The van der Waals surface area contributed by atoms with Crippen molar-refractivity contribution < 1.29 is 9.47 Å². The molecule has 1 heterocycles. The van der Waals surface area contributed by atoms with Gasteiger partial charge in [-0.1, -0.05) is 68.2 Å². The van der Waals surface area contributed by atoms with Gasteiger partial charge in [-0.2, -0.15) is 0 Å². The molecule has 0 aliphatic heterocycles. The van der Waals surface area contributed by atoms with Crippen LogP contribution in [0.4, 0.5) is 0 Å². The van der Waals surface area contributed by atoms with Crippen LogP contribution < -0.4 is 9.47 Å².